The molecule has 1 heterocycles. The van der Waals surface area contributed by atoms with E-state index in [1.54, 1.807) is 0 Å². The summed E-state index contributed by atoms with van der Waals surface area (Å²) in [6, 6.07) is 12.7. The third-order valence-electron chi connectivity index (χ3n) is 2.46. The molecule has 2 heteroatoms. The molecule has 0 fully saturated rings. The lowest BCUT2D eigenvalue weighted by molar-refractivity contribution is 0.340. The zero-order valence-electron chi connectivity index (χ0n) is 9.69. The predicted molar refractivity (Wildman–Crippen MR) is 70.3 cm³/mol. The molecule has 0 atom stereocenters. The van der Waals surface area contributed by atoms with Gasteiger partial charge in [-0.05, 0) is 55.3 Å². The summed E-state index contributed by atoms with van der Waals surface area (Å²) in [5, 5.41) is 0. The van der Waals surface area contributed by atoms with Crippen molar-refractivity contribution in [2.45, 2.75) is 20.3 Å². The van der Waals surface area contributed by atoms with Gasteiger partial charge in [-0.1, -0.05) is 6.92 Å². The van der Waals surface area contributed by atoms with Crippen molar-refractivity contribution in [1.29, 1.82) is 0 Å². The highest BCUT2D eigenvalue weighted by atomic mass is 32.1. The van der Waals surface area contributed by atoms with Crippen LogP contribution in [0.3, 0.4) is 0 Å². The maximum absolute atomic E-state index is 5.43. The van der Waals surface area contributed by atoms with Gasteiger partial charge in [-0.25, -0.2) is 0 Å². The highest BCUT2D eigenvalue weighted by molar-refractivity contribution is 7.15. The average molecular weight is 232 g/mol. The van der Waals surface area contributed by atoms with E-state index in [2.05, 4.69) is 31.2 Å². The fraction of sp³-hybridized carbons (Fsp3) is 0.286. The van der Waals surface area contributed by atoms with Crippen molar-refractivity contribution in [3.8, 4) is 16.2 Å². The fourth-order valence-electron chi connectivity index (χ4n) is 1.61. The molecule has 0 aliphatic rings. The molecule has 1 aromatic carbocycles. The predicted octanol–water partition coefficient (Wildman–Crippen LogP) is 4.38. The third kappa shape index (κ3) is 2.45. The van der Waals surface area contributed by atoms with Crippen molar-refractivity contribution >= 4 is 11.3 Å². The van der Waals surface area contributed by atoms with Crippen LogP contribution in [0.5, 0.6) is 5.75 Å². The van der Waals surface area contributed by atoms with Crippen LogP contribution in [-0.2, 0) is 6.42 Å². The highest BCUT2D eigenvalue weighted by Gasteiger charge is 2.01. The third-order valence-corrected chi connectivity index (χ3v) is 3.74. The summed E-state index contributed by atoms with van der Waals surface area (Å²) in [5.74, 6) is 0.943. The first-order valence-corrected chi connectivity index (χ1v) is 6.47. The second-order valence-corrected chi connectivity index (χ2v) is 4.75. The summed E-state index contributed by atoms with van der Waals surface area (Å²) >= 11 is 1.86. The van der Waals surface area contributed by atoms with E-state index < -0.39 is 0 Å². The van der Waals surface area contributed by atoms with E-state index in [0.29, 0.717) is 0 Å². The van der Waals surface area contributed by atoms with Crippen LogP contribution < -0.4 is 4.74 Å². The Kier molecular flexibility index (Phi) is 3.62. The van der Waals surface area contributed by atoms with Gasteiger partial charge in [0.2, 0.25) is 0 Å². The van der Waals surface area contributed by atoms with Crippen LogP contribution in [0.1, 0.15) is 18.7 Å². The summed E-state index contributed by atoms with van der Waals surface area (Å²) in [4.78, 5) is 2.77. The Labute approximate surface area is 101 Å². The Bertz CT molecular complexity index is 442. The van der Waals surface area contributed by atoms with Crippen molar-refractivity contribution in [2.75, 3.05) is 6.61 Å². The van der Waals surface area contributed by atoms with Crippen molar-refractivity contribution in [2.24, 2.45) is 0 Å². The van der Waals surface area contributed by atoms with Gasteiger partial charge in [0.25, 0.3) is 0 Å². The number of hydrogen-bond donors (Lipinski definition) is 0. The van der Waals surface area contributed by atoms with Gasteiger partial charge >= 0.3 is 0 Å². The van der Waals surface area contributed by atoms with E-state index in [1.165, 1.54) is 15.3 Å². The number of ether oxygens (including phenoxy) is 1. The molecule has 0 saturated heterocycles. The number of thiophene rings is 1. The van der Waals surface area contributed by atoms with Crippen molar-refractivity contribution in [3.05, 3.63) is 41.3 Å². The zero-order valence-corrected chi connectivity index (χ0v) is 10.5. The van der Waals surface area contributed by atoms with E-state index in [1.807, 2.05) is 30.4 Å². The van der Waals surface area contributed by atoms with E-state index in [0.717, 1.165) is 18.8 Å². The molecular formula is C14H16OS. The Hall–Kier alpha value is -1.28. The van der Waals surface area contributed by atoms with Gasteiger partial charge in [-0.2, -0.15) is 0 Å². The first-order valence-electron chi connectivity index (χ1n) is 5.65. The topological polar surface area (TPSA) is 9.23 Å². The monoisotopic (exact) mass is 232 g/mol. The lowest BCUT2D eigenvalue weighted by atomic mass is 10.2. The summed E-state index contributed by atoms with van der Waals surface area (Å²) < 4.78 is 5.43. The molecule has 0 aliphatic heterocycles. The largest absolute Gasteiger partial charge is 0.494 e. The first kappa shape index (κ1) is 11.2. The quantitative estimate of drug-likeness (QED) is 0.760. The number of hydrogen-bond acceptors (Lipinski definition) is 2. The minimum Gasteiger partial charge on any atom is -0.494 e. The van der Waals surface area contributed by atoms with Gasteiger partial charge in [-0.15, -0.1) is 11.3 Å². The van der Waals surface area contributed by atoms with Gasteiger partial charge in [0.1, 0.15) is 5.75 Å². The van der Waals surface area contributed by atoms with Crippen LogP contribution in [0, 0.1) is 0 Å². The number of rotatable bonds is 4. The molecule has 0 amide bonds. The highest BCUT2D eigenvalue weighted by Crippen LogP contribution is 2.29. The molecule has 84 valence electrons. The van der Waals surface area contributed by atoms with Crippen LogP contribution in [0.2, 0.25) is 0 Å². The standard InChI is InChI=1S/C14H16OS/c1-3-13-9-10-14(16-13)11-5-7-12(8-6-11)15-4-2/h5-10H,3-4H2,1-2H3. The summed E-state index contributed by atoms with van der Waals surface area (Å²) in [6.45, 7) is 4.91. The smallest absolute Gasteiger partial charge is 0.119 e. The maximum Gasteiger partial charge on any atom is 0.119 e. The molecule has 2 aromatic rings. The summed E-state index contributed by atoms with van der Waals surface area (Å²) in [5.41, 5.74) is 1.27. The van der Waals surface area contributed by atoms with E-state index in [4.69, 9.17) is 4.74 Å². The minimum atomic E-state index is 0.721. The van der Waals surface area contributed by atoms with Gasteiger partial charge < -0.3 is 4.74 Å². The van der Waals surface area contributed by atoms with E-state index in [9.17, 15) is 0 Å². The van der Waals surface area contributed by atoms with Gasteiger partial charge in [-0.3, -0.25) is 0 Å². The molecular weight excluding hydrogens is 216 g/mol. The van der Waals surface area contributed by atoms with Gasteiger partial charge in [0.15, 0.2) is 0 Å². The first-order chi connectivity index (χ1) is 7.83. The van der Waals surface area contributed by atoms with Crippen LogP contribution in [0.4, 0.5) is 0 Å². The lowest BCUT2D eigenvalue weighted by Crippen LogP contribution is -1.90. The van der Waals surface area contributed by atoms with Gasteiger partial charge in [0, 0.05) is 9.75 Å². The Balaban J connectivity index is 2.20. The molecule has 0 unspecified atom stereocenters. The van der Waals surface area contributed by atoms with Crippen molar-refractivity contribution in [1.82, 2.24) is 0 Å². The molecule has 0 N–H and O–H groups in total. The zero-order chi connectivity index (χ0) is 11.4. The maximum atomic E-state index is 5.43. The van der Waals surface area contributed by atoms with Crippen molar-refractivity contribution < 1.29 is 4.74 Å². The van der Waals surface area contributed by atoms with Crippen molar-refractivity contribution in [3.63, 3.8) is 0 Å². The number of benzene rings is 1. The Morgan fingerprint density at radius 2 is 1.75 bits per heavy atom. The molecule has 2 rings (SSSR count). The lowest BCUT2D eigenvalue weighted by Gasteiger charge is -2.03. The van der Waals surface area contributed by atoms with E-state index in [-0.39, 0.29) is 0 Å². The molecule has 0 spiro atoms. The van der Waals surface area contributed by atoms with Crippen LogP contribution in [0.15, 0.2) is 36.4 Å². The number of aryl methyl sites for hydroxylation is 1. The molecule has 1 aromatic heterocycles. The summed E-state index contributed by atoms with van der Waals surface area (Å²) in [6.07, 6.45) is 1.11. The minimum absolute atomic E-state index is 0.721. The molecule has 0 radical (unpaired) electrons. The van der Waals surface area contributed by atoms with Gasteiger partial charge in [0.05, 0.1) is 6.61 Å². The van der Waals surface area contributed by atoms with E-state index >= 15 is 0 Å². The van der Waals surface area contributed by atoms with Crippen LogP contribution in [0.25, 0.3) is 10.4 Å². The second-order valence-electron chi connectivity index (χ2n) is 3.58. The SMILES string of the molecule is CCOc1ccc(-c2ccc(CC)s2)cc1. The summed E-state index contributed by atoms with van der Waals surface area (Å²) in [7, 11) is 0. The Morgan fingerprint density at radius 1 is 1.00 bits per heavy atom. The average Bonchev–Trinajstić information content (AvgIpc) is 2.79. The molecule has 0 bridgehead atoms. The second kappa shape index (κ2) is 5.17. The molecule has 0 saturated carbocycles. The molecule has 1 nitrogen and oxygen atoms in total. The normalized spacial score (nSPS) is 10.4. The molecule has 16 heavy (non-hydrogen) atoms. The molecule has 0 aliphatic carbocycles. The Morgan fingerprint density at radius 3 is 2.31 bits per heavy atom. The van der Waals surface area contributed by atoms with Crippen LogP contribution >= 0.6 is 11.3 Å². The fourth-order valence-corrected chi connectivity index (χ4v) is 2.56. The van der Waals surface area contributed by atoms with Crippen LogP contribution in [-0.4, -0.2) is 6.61 Å².